The molecule has 0 fully saturated rings. The van der Waals surface area contributed by atoms with Gasteiger partial charge in [-0.15, -0.1) is 0 Å². The van der Waals surface area contributed by atoms with Crippen molar-refractivity contribution in [2.75, 3.05) is 18.5 Å². The number of aliphatic carboxylic acids is 1. The van der Waals surface area contributed by atoms with Crippen LogP contribution < -0.4 is 4.90 Å². The summed E-state index contributed by atoms with van der Waals surface area (Å²) in [6.07, 6.45) is 0. The second kappa shape index (κ2) is 6.22. The normalized spacial score (nSPS) is 10.4. The van der Waals surface area contributed by atoms with Crippen molar-refractivity contribution in [3.8, 4) is 0 Å². The molecule has 0 unspecified atom stereocenters. The first kappa shape index (κ1) is 15.0. The lowest BCUT2D eigenvalue weighted by atomic mass is 10.2. The van der Waals surface area contributed by atoms with Gasteiger partial charge in [0.25, 0.3) is 0 Å². The maximum atomic E-state index is 12.3. The number of aryl methyl sites for hydroxylation is 1. The Morgan fingerprint density at radius 1 is 1.32 bits per heavy atom. The van der Waals surface area contributed by atoms with Gasteiger partial charge in [0.2, 0.25) is 0 Å². The highest BCUT2D eigenvalue weighted by Gasteiger charge is 2.23. The number of amides is 2. The molecule has 0 heterocycles. The van der Waals surface area contributed by atoms with E-state index in [1.165, 1.54) is 9.80 Å². The van der Waals surface area contributed by atoms with Crippen molar-refractivity contribution >= 4 is 17.7 Å². The van der Waals surface area contributed by atoms with Gasteiger partial charge >= 0.3 is 12.0 Å². The molecule has 5 nitrogen and oxygen atoms in total. The number of carbonyl (C=O) groups excluding carboxylic acids is 1. The predicted octanol–water partition coefficient (Wildman–Crippen LogP) is 2.35. The number of hydrogen-bond donors (Lipinski definition) is 1. The maximum Gasteiger partial charge on any atom is 0.324 e. The molecule has 0 radical (unpaired) electrons. The molecule has 0 aliphatic carbocycles. The summed E-state index contributed by atoms with van der Waals surface area (Å²) in [7, 11) is 1.65. The van der Waals surface area contributed by atoms with E-state index in [0.29, 0.717) is 0 Å². The lowest BCUT2D eigenvalue weighted by Crippen LogP contribution is -2.47. The quantitative estimate of drug-likeness (QED) is 0.908. The minimum atomic E-state index is -1.01. The number of anilines is 1. The van der Waals surface area contributed by atoms with Crippen LogP contribution in [0.25, 0.3) is 0 Å². The van der Waals surface area contributed by atoms with Crippen LogP contribution in [-0.4, -0.2) is 41.6 Å². The van der Waals surface area contributed by atoms with Crippen LogP contribution in [0.5, 0.6) is 0 Å². The topological polar surface area (TPSA) is 60.9 Å². The summed E-state index contributed by atoms with van der Waals surface area (Å²) in [5, 5.41) is 8.87. The van der Waals surface area contributed by atoms with E-state index >= 15 is 0 Å². The number of carboxylic acid groups (broad SMARTS) is 1. The molecule has 1 aromatic carbocycles. The molecule has 5 heteroatoms. The molecule has 1 N–H and O–H groups in total. The van der Waals surface area contributed by atoms with Gasteiger partial charge in [0.05, 0.1) is 0 Å². The molecule has 0 saturated heterocycles. The van der Waals surface area contributed by atoms with Crippen LogP contribution in [0.4, 0.5) is 10.5 Å². The highest BCUT2D eigenvalue weighted by atomic mass is 16.4. The zero-order chi connectivity index (χ0) is 14.6. The molecule has 0 spiro atoms. The first-order valence-corrected chi connectivity index (χ1v) is 6.15. The molecule has 1 aromatic rings. The molecular formula is C14H20N2O3. The lowest BCUT2D eigenvalue weighted by Gasteiger charge is -2.30. The molecule has 0 aliphatic heterocycles. The van der Waals surface area contributed by atoms with E-state index in [4.69, 9.17) is 5.11 Å². The van der Waals surface area contributed by atoms with E-state index < -0.39 is 5.97 Å². The molecule has 0 bridgehead atoms. The summed E-state index contributed by atoms with van der Waals surface area (Å²) in [6, 6.07) is 7.03. The first-order chi connectivity index (χ1) is 8.82. The number of urea groups is 1. The molecule has 0 saturated carbocycles. The molecular weight excluding hydrogens is 244 g/mol. The van der Waals surface area contributed by atoms with Crippen molar-refractivity contribution in [3.05, 3.63) is 29.8 Å². The average molecular weight is 264 g/mol. The number of hydrogen-bond acceptors (Lipinski definition) is 2. The van der Waals surface area contributed by atoms with Crippen LogP contribution in [0.3, 0.4) is 0 Å². The Morgan fingerprint density at radius 3 is 2.42 bits per heavy atom. The number of nitrogens with zero attached hydrogens (tertiary/aromatic N) is 2. The molecule has 0 atom stereocenters. The number of benzene rings is 1. The van der Waals surface area contributed by atoms with E-state index in [9.17, 15) is 9.59 Å². The van der Waals surface area contributed by atoms with Crippen LogP contribution in [0.1, 0.15) is 19.4 Å². The monoisotopic (exact) mass is 264 g/mol. The van der Waals surface area contributed by atoms with Gasteiger partial charge in [-0.3, -0.25) is 9.69 Å². The van der Waals surface area contributed by atoms with E-state index in [2.05, 4.69) is 0 Å². The largest absolute Gasteiger partial charge is 0.480 e. The SMILES string of the molecule is Cc1cccc(N(C)C(=O)N(CC(=O)O)C(C)C)c1. The number of carboxylic acids is 1. The third-order valence-electron chi connectivity index (χ3n) is 2.85. The first-order valence-electron chi connectivity index (χ1n) is 6.15. The third kappa shape index (κ3) is 3.98. The summed E-state index contributed by atoms with van der Waals surface area (Å²) in [4.78, 5) is 25.9. The van der Waals surface area contributed by atoms with Crippen LogP contribution >= 0.6 is 0 Å². The van der Waals surface area contributed by atoms with E-state index in [1.807, 2.05) is 31.2 Å². The Morgan fingerprint density at radius 2 is 1.95 bits per heavy atom. The van der Waals surface area contributed by atoms with E-state index in [-0.39, 0.29) is 18.6 Å². The molecule has 0 aliphatic rings. The fraction of sp³-hybridized carbons (Fsp3) is 0.429. The fourth-order valence-corrected chi connectivity index (χ4v) is 1.76. The van der Waals surface area contributed by atoms with Gasteiger partial charge in [0.1, 0.15) is 6.54 Å². The Labute approximate surface area is 113 Å². The highest BCUT2D eigenvalue weighted by Crippen LogP contribution is 2.16. The summed E-state index contributed by atoms with van der Waals surface area (Å²) in [5.74, 6) is -1.01. The summed E-state index contributed by atoms with van der Waals surface area (Å²) in [6.45, 7) is 5.24. The Bertz CT molecular complexity index is 472. The Hall–Kier alpha value is -2.04. The van der Waals surface area contributed by atoms with Crippen molar-refractivity contribution < 1.29 is 14.7 Å². The molecule has 104 valence electrons. The Kier molecular flexibility index (Phi) is 4.92. The van der Waals surface area contributed by atoms with Gasteiger partial charge in [-0.25, -0.2) is 4.79 Å². The van der Waals surface area contributed by atoms with Gasteiger partial charge in [0.15, 0.2) is 0 Å². The summed E-state index contributed by atoms with van der Waals surface area (Å²) >= 11 is 0. The molecule has 1 rings (SSSR count). The molecule has 0 aromatic heterocycles. The van der Waals surface area contributed by atoms with Gasteiger partial charge in [0, 0.05) is 18.8 Å². The van der Waals surface area contributed by atoms with Crippen molar-refractivity contribution in [2.45, 2.75) is 26.8 Å². The Balaban J connectivity index is 2.93. The number of carbonyl (C=O) groups is 2. The minimum absolute atomic E-state index is 0.171. The van der Waals surface area contributed by atoms with Crippen molar-refractivity contribution in [1.82, 2.24) is 4.90 Å². The average Bonchev–Trinajstić information content (AvgIpc) is 2.33. The predicted molar refractivity (Wildman–Crippen MR) is 74.5 cm³/mol. The molecule has 2 amide bonds. The fourth-order valence-electron chi connectivity index (χ4n) is 1.76. The van der Waals surface area contributed by atoms with Gasteiger partial charge in [-0.05, 0) is 38.5 Å². The van der Waals surface area contributed by atoms with Crippen LogP contribution in [-0.2, 0) is 4.79 Å². The lowest BCUT2D eigenvalue weighted by molar-refractivity contribution is -0.137. The van der Waals surface area contributed by atoms with Crippen LogP contribution in [0.15, 0.2) is 24.3 Å². The van der Waals surface area contributed by atoms with Crippen molar-refractivity contribution in [2.24, 2.45) is 0 Å². The van der Waals surface area contributed by atoms with E-state index in [1.54, 1.807) is 20.9 Å². The molecule has 19 heavy (non-hydrogen) atoms. The van der Waals surface area contributed by atoms with Crippen molar-refractivity contribution in [1.29, 1.82) is 0 Å². The summed E-state index contributed by atoms with van der Waals surface area (Å²) in [5.41, 5.74) is 1.80. The van der Waals surface area contributed by atoms with Gasteiger partial charge < -0.3 is 10.0 Å². The van der Waals surface area contributed by atoms with E-state index in [0.717, 1.165) is 11.3 Å². The maximum absolute atomic E-state index is 12.3. The standard InChI is InChI=1S/C14H20N2O3/c1-10(2)16(9-13(17)18)14(19)15(4)12-7-5-6-11(3)8-12/h5-8,10H,9H2,1-4H3,(H,17,18). The summed E-state index contributed by atoms with van der Waals surface area (Å²) < 4.78 is 0. The zero-order valence-electron chi connectivity index (χ0n) is 11.8. The number of rotatable bonds is 4. The highest BCUT2D eigenvalue weighted by molar-refractivity contribution is 5.93. The zero-order valence-corrected chi connectivity index (χ0v) is 11.8. The third-order valence-corrected chi connectivity index (χ3v) is 2.85. The van der Waals surface area contributed by atoms with Gasteiger partial charge in [-0.2, -0.15) is 0 Å². The smallest absolute Gasteiger partial charge is 0.324 e. The van der Waals surface area contributed by atoms with Crippen LogP contribution in [0, 0.1) is 6.92 Å². The van der Waals surface area contributed by atoms with Crippen molar-refractivity contribution in [3.63, 3.8) is 0 Å². The van der Waals surface area contributed by atoms with Crippen LogP contribution in [0.2, 0.25) is 0 Å². The second-order valence-corrected chi connectivity index (χ2v) is 4.80. The van der Waals surface area contributed by atoms with Gasteiger partial charge in [-0.1, -0.05) is 12.1 Å². The minimum Gasteiger partial charge on any atom is -0.480 e. The second-order valence-electron chi connectivity index (χ2n) is 4.80.